The molecule has 0 aliphatic heterocycles. The van der Waals surface area contributed by atoms with Gasteiger partial charge >= 0.3 is 17.9 Å². The maximum absolute atomic E-state index is 12.8. The van der Waals surface area contributed by atoms with E-state index >= 15 is 0 Å². The highest BCUT2D eigenvalue weighted by molar-refractivity contribution is 5.71. The summed E-state index contributed by atoms with van der Waals surface area (Å²) in [6.45, 7) is 6.50. The third-order valence-electron chi connectivity index (χ3n) is 11.5. The first-order valence-corrected chi connectivity index (χ1v) is 27.7. The van der Waals surface area contributed by atoms with Crippen LogP contribution in [0.3, 0.4) is 0 Å². The lowest BCUT2D eigenvalue weighted by Gasteiger charge is -2.18. The quantitative estimate of drug-likeness (QED) is 0.0262. The van der Waals surface area contributed by atoms with Crippen LogP contribution < -0.4 is 0 Å². The SMILES string of the molecule is CCCCC/C=C\C/C=C\C/C=C\CCCCCCC(=O)OC[C@H](COC(=O)CCCCCCCCC/C=C\C/C=C\CCCCC)OC(=O)CCCC/C=C\C/C=C\C/C=C\CCCCC. The van der Waals surface area contributed by atoms with Gasteiger partial charge in [-0.25, -0.2) is 0 Å². The van der Waals surface area contributed by atoms with Crippen molar-refractivity contribution in [2.75, 3.05) is 13.2 Å². The standard InChI is InChI=1S/C61H102O6/c1-4-7-10-13-16-19-22-25-28-30-33-35-38-41-44-47-50-53-59(62)65-56-58(67-61(64)55-52-49-46-43-40-37-32-27-24-21-18-15-12-9-6-3)57-66-60(63)54-51-48-45-42-39-36-34-31-29-26-23-20-17-14-11-8-5-2/h16-21,25-29,32-33,35,40,43,58H,4-15,22-24,30-31,34,36-39,41-42,44-57H2,1-3H3/b19-16-,20-17-,21-18-,28-25-,29-26-,32-27-,35-33-,43-40-/t58-/m1/s1. The second-order valence-corrected chi connectivity index (χ2v) is 18.1. The Labute approximate surface area is 413 Å². The van der Waals surface area contributed by atoms with Crippen molar-refractivity contribution in [2.45, 2.75) is 258 Å². The average molecular weight is 931 g/mol. The fraction of sp³-hybridized carbons (Fsp3) is 0.689. The summed E-state index contributed by atoms with van der Waals surface area (Å²) in [5.74, 6) is -0.973. The summed E-state index contributed by atoms with van der Waals surface area (Å²) in [6, 6.07) is 0. The fourth-order valence-corrected chi connectivity index (χ4v) is 7.31. The van der Waals surface area contributed by atoms with Gasteiger partial charge in [0, 0.05) is 19.3 Å². The van der Waals surface area contributed by atoms with Crippen LogP contribution in [0.15, 0.2) is 97.2 Å². The van der Waals surface area contributed by atoms with Crippen LogP contribution in [0.25, 0.3) is 0 Å². The largest absolute Gasteiger partial charge is 0.462 e. The molecule has 0 spiro atoms. The number of rotatable bonds is 49. The van der Waals surface area contributed by atoms with Crippen molar-refractivity contribution in [1.82, 2.24) is 0 Å². The van der Waals surface area contributed by atoms with Crippen LogP contribution in [-0.4, -0.2) is 37.2 Å². The van der Waals surface area contributed by atoms with Crippen molar-refractivity contribution in [3.63, 3.8) is 0 Å². The molecule has 67 heavy (non-hydrogen) atoms. The lowest BCUT2D eigenvalue weighted by atomic mass is 10.1. The van der Waals surface area contributed by atoms with Gasteiger partial charge in [-0.15, -0.1) is 0 Å². The monoisotopic (exact) mass is 931 g/mol. The molecule has 0 aliphatic rings. The van der Waals surface area contributed by atoms with Crippen LogP contribution in [0.5, 0.6) is 0 Å². The molecule has 1 atom stereocenters. The van der Waals surface area contributed by atoms with Gasteiger partial charge < -0.3 is 14.2 Å². The molecule has 0 bridgehead atoms. The van der Waals surface area contributed by atoms with E-state index < -0.39 is 6.10 Å². The van der Waals surface area contributed by atoms with Gasteiger partial charge in [0.05, 0.1) is 0 Å². The highest BCUT2D eigenvalue weighted by Gasteiger charge is 2.19. The minimum absolute atomic E-state index is 0.105. The smallest absolute Gasteiger partial charge is 0.306 e. The van der Waals surface area contributed by atoms with Gasteiger partial charge in [0.1, 0.15) is 13.2 Å². The van der Waals surface area contributed by atoms with Crippen molar-refractivity contribution in [3.8, 4) is 0 Å². The molecule has 0 radical (unpaired) electrons. The summed E-state index contributed by atoms with van der Waals surface area (Å²) in [7, 11) is 0. The Balaban J connectivity index is 4.50. The Morgan fingerprint density at radius 2 is 0.537 bits per heavy atom. The summed E-state index contributed by atoms with van der Waals surface area (Å²) in [5, 5.41) is 0. The van der Waals surface area contributed by atoms with E-state index in [0.717, 1.165) is 103 Å². The normalized spacial score (nSPS) is 12.8. The molecule has 0 heterocycles. The molecule has 0 aliphatic carbocycles. The van der Waals surface area contributed by atoms with Gasteiger partial charge in [-0.1, -0.05) is 201 Å². The Morgan fingerprint density at radius 1 is 0.299 bits per heavy atom. The lowest BCUT2D eigenvalue weighted by Crippen LogP contribution is -2.30. The van der Waals surface area contributed by atoms with Crippen molar-refractivity contribution >= 4 is 17.9 Å². The first kappa shape index (κ1) is 63.3. The van der Waals surface area contributed by atoms with E-state index in [1.165, 1.54) is 103 Å². The first-order valence-electron chi connectivity index (χ1n) is 27.7. The van der Waals surface area contributed by atoms with Crippen molar-refractivity contribution < 1.29 is 28.6 Å². The molecule has 0 aromatic carbocycles. The van der Waals surface area contributed by atoms with Gasteiger partial charge in [0.25, 0.3) is 0 Å². The fourth-order valence-electron chi connectivity index (χ4n) is 7.31. The van der Waals surface area contributed by atoms with Gasteiger partial charge in [-0.3, -0.25) is 14.4 Å². The second kappa shape index (κ2) is 54.9. The zero-order valence-corrected chi connectivity index (χ0v) is 43.6. The van der Waals surface area contributed by atoms with E-state index in [1.54, 1.807) is 0 Å². The maximum atomic E-state index is 12.8. The third-order valence-corrected chi connectivity index (χ3v) is 11.5. The number of hydrogen-bond acceptors (Lipinski definition) is 6. The summed E-state index contributed by atoms with van der Waals surface area (Å²) in [5.41, 5.74) is 0. The molecular weight excluding hydrogens is 829 g/mol. The molecule has 0 aromatic rings. The molecule has 0 aromatic heterocycles. The highest BCUT2D eigenvalue weighted by atomic mass is 16.6. The van der Waals surface area contributed by atoms with Gasteiger partial charge in [0.2, 0.25) is 0 Å². The van der Waals surface area contributed by atoms with E-state index in [1.807, 2.05) is 0 Å². The second-order valence-electron chi connectivity index (χ2n) is 18.1. The molecule has 0 saturated carbocycles. The predicted molar refractivity (Wildman–Crippen MR) is 288 cm³/mol. The van der Waals surface area contributed by atoms with Crippen LogP contribution in [-0.2, 0) is 28.6 Å². The van der Waals surface area contributed by atoms with Crippen LogP contribution in [0.2, 0.25) is 0 Å². The molecule has 6 nitrogen and oxygen atoms in total. The number of hydrogen-bond donors (Lipinski definition) is 0. The number of carbonyl (C=O) groups excluding carboxylic acids is 3. The molecule has 0 rings (SSSR count). The maximum Gasteiger partial charge on any atom is 0.306 e. The van der Waals surface area contributed by atoms with E-state index in [4.69, 9.17) is 14.2 Å². The summed E-state index contributed by atoms with van der Waals surface area (Å²) < 4.78 is 16.8. The Hall–Kier alpha value is -3.67. The number of ether oxygens (including phenoxy) is 3. The molecule has 0 N–H and O–H groups in total. The molecule has 0 saturated heterocycles. The molecule has 0 amide bonds. The van der Waals surface area contributed by atoms with E-state index in [-0.39, 0.29) is 37.5 Å². The summed E-state index contributed by atoms with van der Waals surface area (Å²) in [4.78, 5) is 38.1. The highest BCUT2D eigenvalue weighted by Crippen LogP contribution is 2.13. The summed E-state index contributed by atoms with van der Waals surface area (Å²) >= 11 is 0. The molecule has 0 fully saturated rings. The lowest BCUT2D eigenvalue weighted by molar-refractivity contribution is -0.167. The molecular formula is C61H102O6. The Morgan fingerprint density at radius 3 is 0.866 bits per heavy atom. The Kier molecular flexibility index (Phi) is 51.9. The van der Waals surface area contributed by atoms with Gasteiger partial charge in [0.15, 0.2) is 6.10 Å². The summed E-state index contributed by atoms with van der Waals surface area (Å²) in [6.07, 6.45) is 72.4. The topological polar surface area (TPSA) is 78.9 Å². The number of allylic oxidation sites excluding steroid dienone is 16. The van der Waals surface area contributed by atoms with Gasteiger partial charge in [-0.05, 0) is 128 Å². The molecule has 6 heteroatoms. The van der Waals surface area contributed by atoms with Crippen LogP contribution in [0, 0.1) is 0 Å². The minimum Gasteiger partial charge on any atom is -0.462 e. The van der Waals surface area contributed by atoms with Gasteiger partial charge in [-0.2, -0.15) is 0 Å². The molecule has 382 valence electrons. The zero-order valence-electron chi connectivity index (χ0n) is 43.6. The number of esters is 3. The zero-order chi connectivity index (χ0) is 48.6. The number of carbonyl (C=O) groups is 3. The first-order chi connectivity index (χ1) is 33.0. The van der Waals surface area contributed by atoms with Crippen LogP contribution in [0.4, 0.5) is 0 Å². The van der Waals surface area contributed by atoms with E-state index in [2.05, 4.69) is 118 Å². The van der Waals surface area contributed by atoms with Crippen LogP contribution >= 0.6 is 0 Å². The average Bonchev–Trinajstić information content (AvgIpc) is 3.33. The Bertz CT molecular complexity index is 1350. The van der Waals surface area contributed by atoms with Crippen molar-refractivity contribution in [2.24, 2.45) is 0 Å². The van der Waals surface area contributed by atoms with E-state index in [9.17, 15) is 14.4 Å². The number of unbranched alkanes of at least 4 members (excludes halogenated alkanes) is 22. The molecule has 0 unspecified atom stereocenters. The third kappa shape index (κ3) is 53.2. The van der Waals surface area contributed by atoms with E-state index in [0.29, 0.717) is 19.3 Å². The van der Waals surface area contributed by atoms with Crippen LogP contribution in [0.1, 0.15) is 252 Å². The predicted octanol–water partition coefficient (Wildman–Crippen LogP) is 18.5. The van der Waals surface area contributed by atoms with Crippen molar-refractivity contribution in [3.05, 3.63) is 97.2 Å². The minimum atomic E-state index is -0.811. The van der Waals surface area contributed by atoms with Crippen molar-refractivity contribution in [1.29, 1.82) is 0 Å².